The van der Waals surface area contributed by atoms with Crippen LogP contribution in [0.5, 0.6) is 11.5 Å². The summed E-state index contributed by atoms with van der Waals surface area (Å²) in [6.07, 6.45) is 0. The molecule has 0 aliphatic heterocycles. The van der Waals surface area contributed by atoms with Crippen molar-refractivity contribution < 1.29 is 14.6 Å². The Morgan fingerprint density at radius 1 is 1.00 bits per heavy atom. The number of methoxy groups -OCH3 is 2. The number of ether oxygens (including phenoxy) is 2. The molecule has 0 aliphatic carbocycles. The van der Waals surface area contributed by atoms with Gasteiger partial charge < -0.3 is 14.6 Å². The van der Waals surface area contributed by atoms with Gasteiger partial charge in [0.25, 0.3) is 0 Å². The van der Waals surface area contributed by atoms with E-state index in [1.807, 2.05) is 30.3 Å². The molecule has 0 saturated heterocycles. The van der Waals surface area contributed by atoms with Crippen molar-refractivity contribution in [3.8, 4) is 11.5 Å². The summed E-state index contributed by atoms with van der Waals surface area (Å²) in [5.41, 5.74) is -0.261. The van der Waals surface area contributed by atoms with Gasteiger partial charge in [0.1, 0.15) is 11.5 Å². The Kier molecular flexibility index (Phi) is 3.18. The average Bonchev–Trinajstić information content (AvgIpc) is 2.35. The summed E-state index contributed by atoms with van der Waals surface area (Å²) < 4.78 is 10.9. The molecule has 0 heterocycles. The van der Waals surface area contributed by atoms with Gasteiger partial charge in [0.05, 0.1) is 19.8 Å². The average molecular weight is 246 g/mol. The number of aliphatic hydroxyl groups is 1. The first-order chi connectivity index (χ1) is 8.49. The fourth-order valence-corrected chi connectivity index (χ4v) is 2.16. The van der Waals surface area contributed by atoms with Crippen LogP contribution >= 0.6 is 0 Å². The van der Waals surface area contributed by atoms with E-state index >= 15 is 0 Å². The lowest BCUT2D eigenvalue weighted by Gasteiger charge is -2.23. The van der Waals surface area contributed by atoms with Crippen molar-refractivity contribution in [3.63, 3.8) is 0 Å². The van der Waals surface area contributed by atoms with E-state index in [-0.39, 0.29) is 0 Å². The first-order valence-corrected chi connectivity index (χ1v) is 5.85. The molecular formula is C15H18O3. The molecule has 0 fully saturated rings. The van der Waals surface area contributed by atoms with E-state index in [0.717, 1.165) is 22.1 Å². The van der Waals surface area contributed by atoms with Crippen molar-refractivity contribution in [1.82, 2.24) is 0 Å². The lowest BCUT2D eigenvalue weighted by atomic mass is 9.93. The van der Waals surface area contributed by atoms with E-state index in [2.05, 4.69) is 0 Å². The number of fused-ring (bicyclic) bond motifs is 1. The zero-order valence-corrected chi connectivity index (χ0v) is 11.2. The SMILES string of the molecule is COc1cc(C(C)(C)O)c(OC)c2ccccc12. The third-order valence-corrected chi connectivity index (χ3v) is 3.04. The van der Waals surface area contributed by atoms with Gasteiger partial charge in [0.2, 0.25) is 0 Å². The molecular weight excluding hydrogens is 228 g/mol. The van der Waals surface area contributed by atoms with Crippen molar-refractivity contribution in [2.45, 2.75) is 19.4 Å². The molecule has 96 valence electrons. The summed E-state index contributed by atoms with van der Waals surface area (Å²) in [5.74, 6) is 1.43. The zero-order chi connectivity index (χ0) is 13.3. The van der Waals surface area contributed by atoms with Crippen molar-refractivity contribution in [3.05, 3.63) is 35.9 Å². The Morgan fingerprint density at radius 3 is 2.11 bits per heavy atom. The first-order valence-electron chi connectivity index (χ1n) is 5.85. The van der Waals surface area contributed by atoms with E-state index in [1.54, 1.807) is 28.1 Å². The van der Waals surface area contributed by atoms with Crippen LogP contribution in [0.4, 0.5) is 0 Å². The standard InChI is InChI=1S/C15H18O3/c1-15(2,16)12-9-13(17-3)10-7-5-6-8-11(10)14(12)18-4/h5-9,16H,1-4H3. The van der Waals surface area contributed by atoms with Crippen LogP contribution in [0.2, 0.25) is 0 Å². The molecule has 0 atom stereocenters. The Balaban J connectivity index is 2.88. The van der Waals surface area contributed by atoms with Gasteiger partial charge in [-0.25, -0.2) is 0 Å². The minimum atomic E-state index is -0.983. The molecule has 0 bridgehead atoms. The maximum Gasteiger partial charge on any atom is 0.133 e. The van der Waals surface area contributed by atoms with E-state index in [0.29, 0.717) is 5.75 Å². The van der Waals surface area contributed by atoms with Gasteiger partial charge in [-0.15, -0.1) is 0 Å². The number of hydrogen-bond donors (Lipinski definition) is 1. The van der Waals surface area contributed by atoms with Crippen LogP contribution in [-0.4, -0.2) is 19.3 Å². The smallest absolute Gasteiger partial charge is 0.133 e. The molecule has 0 aliphatic rings. The predicted octanol–water partition coefficient (Wildman–Crippen LogP) is 3.08. The molecule has 2 rings (SSSR count). The maximum atomic E-state index is 10.2. The highest BCUT2D eigenvalue weighted by Gasteiger charge is 2.24. The van der Waals surface area contributed by atoms with Crippen LogP contribution in [0.15, 0.2) is 30.3 Å². The Morgan fingerprint density at radius 2 is 1.61 bits per heavy atom. The number of benzene rings is 2. The molecule has 3 nitrogen and oxygen atoms in total. The van der Waals surface area contributed by atoms with E-state index in [9.17, 15) is 5.11 Å². The molecule has 0 unspecified atom stereocenters. The van der Waals surface area contributed by atoms with Crippen LogP contribution in [0.1, 0.15) is 19.4 Å². The number of hydrogen-bond acceptors (Lipinski definition) is 3. The normalized spacial score (nSPS) is 11.6. The van der Waals surface area contributed by atoms with Gasteiger partial charge in [-0.3, -0.25) is 0 Å². The summed E-state index contributed by atoms with van der Waals surface area (Å²) in [7, 11) is 3.24. The molecule has 18 heavy (non-hydrogen) atoms. The largest absolute Gasteiger partial charge is 0.496 e. The highest BCUT2D eigenvalue weighted by atomic mass is 16.5. The highest BCUT2D eigenvalue weighted by Crippen LogP contribution is 2.40. The maximum absolute atomic E-state index is 10.2. The first kappa shape index (κ1) is 12.7. The lowest BCUT2D eigenvalue weighted by Crippen LogP contribution is -2.17. The van der Waals surface area contributed by atoms with Crippen molar-refractivity contribution in [1.29, 1.82) is 0 Å². The Bertz CT molecular complexity index is 568. The second-order valence-electron chi connectivity index (χ2n) is 4.76. The van der Waals surface area contributed by atoms with Crippen LogP contribution in [0.25, 0.3) is 10.8 Å². The topological polar surface area (TPSA) is 38.7 Å². The fraction of sp³-hybridized carbons (Fsp3) is 0.333. The van der Waals surface area contributed by atoms with Gasteiger partial charge in [0.15, 0.2) is 0 Å². The van der Waals surface area contributed by atoms with Crippen LogP contribution in [0, 0.1) is 0 Å². The molecule has 0 saturated carbocycles. The van der Waals surface area contributed by atoms with Gasteiger partial charge in [0, 0.05) is 16.3 Å². The second-order valence-corrected chi connectivity index (χ2v) is 4.76. The third kappa shape index (κ3) is 2.02. The summed E-state index contributed by atoms with van der Waals surface area (Å²) >= 11 is 0. The molecule has 2 aromatic rings. The zero-order valence-electron chi connectivity index (χ0n) is 11.2. The summed E-state index contributed by atoms with van der Waals surface area (Å²) in [5, 5.41) is 12.2. The van der Waals surface area contributed by atoms with E-state index in [4.69, 9.17) is 9.47 Å². The molecule has 3 heteroatoms. The van der Waals surface area contributed by atoms with Gasteiger partial charge in [-0.1, -0.05) is 24.3 Å². The molecule has 0 spiro atoms. The summed E-state index contributed by atoms with van der Waals surface area (Å²) in [4.78, 5) is 0. The summed E-state index contributed by atoms with van der Waals surface area (Å²) in [6.45, 7) is 3.47. The van der Waals surface area contributed by atoms with Gasteiger partial charge in [-0.2, -0.15) is 0 Å². The highest BCUT2D eigenvalue weighted by molar-refractivity contribution is 5.94. The molecule has 0 amide bonds. The lowest BCUT2D eigenvalue weighted by molar-refractivity contribution is 0.0756. The van der Waals surface area contributed by atoms with Gasteiger partial charge in [-0.05, 0) is 19.9 Å². The molecule has 2 aromatic carbocycles. The molecule has 0 aromatic heterocycles. The van der Waals surface area contributed by atoms with Crippen molar-refractivity contribution in [2.24, 2.45) is 0 Å². The molecule has 0 radical (unpaired) electrons. The second kappa shape index (κ2) is 4.50. The van der Waals surface area contributed by atoms with Gasteiger partial charge >= 0.3 is 0 Å². The monoisotopic (exact) mass is 246 g/mol. The Labute approximate surface area is 107 Å². The Hall–Kier alpha value is -1.74. The fourth-order valence-electron chi connectivity index (χ4n) is 2.16. The quantitative estimate of drug-likeness (QED) is 0.904. The van der Waals surface area contributed by atoms with E-state index < -0.39 is 5.60 Å². The van der Waals surface area contributed by atoms with Crippen molar-refractivity contribution in [2.75, 3.05) is 14.2 Å². The summed E-state index contributed by atoms with van der Waals surface area (Å²) in [6, 6.07) is 9.67. The number of rotatable bonds is 3. The third-order valence-electron chi connectivity index (χ3n) is 3.04. The van der Waals surface area contributed by atoms with Crippen LogP contribution in [0.3, 0.4) is 0 Å². The van der Waals surface area contributed by atoms with Crippen LogP contribution < -0.4 is 9.47 Å². The predicted molar refractivity (Wildman–Crippen MR) is 72.3 cm³/mol. The van der Waals surface area contributed by atoms with Crippen molar-refractivity contribution >= 4 is 10.8 Å². The minimum absolute atomic E-state index is 0.693. The minimum Gasteiger partial charge on any atom is -0.496 e. The molecule has 1 N–H and O–H groups in total. The van der Waals surface area contributed by atoms with E-state index in [1.165, 1.54) is 0 Å². The van der Waals surface area contributed by atoms with Crippen LogP contribution in [-0.2, 0) is 5.60 Å².